The largest absolute Gasteiger partial charge is 0.318 e. The van der Waals surface area contributed by atoms with Gasteiger partial charge in [-0.3, -0.25) is 0 Å². The molecule has 0 spiro atoms. The summed E-state index contributed by atoms with van der Waals surface area (Å²) in [7, 11) is 4.53. The number of likely N-dealkylation sites (N-methyl/N-ethyl adjacent to an activating group) is 1. The molecule has 1 heteroatoms. The Kier molecular flexibility index (Phi) is 3.96. The molecule has 76 valence electrons. The third-order valence-corrected chi connectivity index (χ3v) is 3.80. The zero-order valence-electron chi connectivity index (χ0n) is 10.0. The van der Waals surface area contributed by atoms with E-state index in [1.54, 1.807) is 0 Å². The quantitative estimate of drug-likeness (QED) is 0.463. The first-order chi connectivity index (χ1) is 5.79. The molecule has 1 nitrogen and oxygen atoms in total. The van der Waals surface area contributed by atoms with Gasteiger partial charge in [0.2, 0.25) is 0 Å². The molecule has 0 radical (unpaired) electrons. The molecule has 0 aliphatic carbocycles. The predicted molar refractivity (Wildman–Crippen MR) is 59.7 cm³/mol. The predicted octanol–water partition coefficient (Wildman–Crippen LogP) is 2.98. The first kappa shape index (κ1) is 12.5. The van der Waals surface area contributed by atoms with Gasteiger partial charge in [0.1, 0.15) is 6.04 Å². The minimum atomic E-state index is 0.298. The van der Waals surface area contributed by atoms with Crippen molar-refractivity contribution in [3.8, 4) is 0 Å². The summed E-state index contributed by atoms with van der Waals surface area (Å²) in [6.07, 6.45) is 3.23. The molecule has 1 atom stereocenters. The summed E-state index contributed by atoms with van der Waals surface area (Å²) in [5.41, 5.74) is 3.18. The Hall–Kier alpha value is -0.520. The van der Waals surface area contributed by atoms with Crippen LogP contribution in [-0.4, -0.2) is 30.2 Å². The van der Waals surface area contributed by atoms with Gasteiger partial charge in [-0.1, -0.05) is 13.5 Å². The Morgan fingerprint density at radius 1 is 1.46 bits per heavy atom. The van der Waals surface area contributed by atoms with Gasteiger partial charge in [0.05, 0.1) is 19.6 Å². The molecule has 0 amide bonds. The molecule has 0 fully saturated rings. The summed E-state index contributed by atoms with van der Waals surface area (Å²) in [6, 6.07) is 0.465. The van der Waals surface area contributed by atoms with E-state index in [1.165, 1.54) is 6.42 Å². The summed E-state index contributed by atoms with van der Waals surface area (Å²) < 4.78 is 0.978. The molecule has 0 aromatic heterocycles. The van der Waals surface area contributed by atoms with Gasteiger partial charge in [-0.15, -0.1) is 5.73 Å². The summed E-state index contributed by atoms with van der Waals surface area (Å²) in [5, 5.41) is 0. The molecular formula is C12H24N+. The number of hydrogen-bond donors (Lipinski definition) is 0. The Balaban J connectivity index is 4.83. The van der Waals surface area contributed by atoms with Gasteiger partial charge in [0.15, 0.2) is 0 Å². The molecule has 0 N–H and O–H groups in total. The van der Waals surface area contributed by atoms with Gasteiger partial charge in [0, 0.05) is 6.08 Å². The lowest BCUT2D eigenvalue weighted by atomic mass is 9.94. The van der Waals surface area contributed by atoms with Crippen molar-refractivity contribution in [3.05, 3.63) is 18.4 Å². The van der Waals surface area contributed by atoms with Crippen molar-refractivity contribution in [2.75, 3.05) is 14.1 Å². The number of quaternary nitrogens is 1. The second-order valence-corrected chi connectivity index (χ2v) is 4.82. The maximum absolute atomic E-state index is 3.63. The smallest absolute Gasteiger partial charge is 0.112 e. The number of nitrogens with zero attached hydrogens (tertiary/aromatic N) is 1. The van der Waals surface area contributed by atoms with Crippen molar-refractivity contribution in [1.29, 1.82) is 0 Å². The van der Waals surface area contributed by atoms with Crippen LogP contribution in [0.1, 0.15) is 34.1 Å². The Bertz CT molecular complexity index is 207. The van der Waals surface area contributed by atoms with Crippen LogP contribution in [0.25, 0.3) is 0 Å². The molecule has 0 aromatic carbocycles. The average Bonchev–Trinajstić information content (AvgIpc) is 2.04. The highest BCUT2D eigenvalue weighted by atomic mass is 15.4. The number of hydrogen-bond acceptors (Lipinski definition) is 0. The molecule has 0 rings (SSSR count). The van der Waals surface area contributed by atoms with Gasteiger partial charge < -0.3 is 4.48 Å². The Morgan fingerprint density at radius 2 is 1.92 bits per heavy atom. The summed E-state index contributed by atoms with van der Waals surface area (Å²) in [6.45, 7) is 12.7. The van der Waals surface area contributed by atoms with Crippen LogP contribution >= 0.6 is 0 Å². The molecular weight excluding hydrogens is 158 g/mol. The van der Waals surface area contributed by atoms with Crippen molar-refractivity contribution in [2.24, 2.45) is 0 Å². The molecule has 13 heavy (non-hydrogen) atoms. The molecule has 0 saturated carbocycles. The molecule has 0 heterocycles. The van der Waals surface area contributed by atoms with Crippen LogP contribution in [0.15, 0.2) is 18.4 Å². The van der Waals surface area contributed by atoms with Crippen LogP contribution in [0, 0.1) is 0 Å². The van der Waals surface area contributed by atoms with Crippen molar-refractivity contribution >= 4 is 0 Å². The van der Waals surface area contributed by atoms with E-state index < -0.39 is 0 Å². The van der Waals surface area contributed by atoms with E-state index in [2.05, 4.69) is 60.2 Å². The third kappa shape index (κ3) is 2.46. The fourth-order valence-corrected chi connectivity index (χ4v) is 1.32. The summed E-state index contributed by atoms with van der Waals surface area (Å²) >= 11 is 0. The van der Waals surface area contributed by atoms with Crippen molar-refractivity contribution in [2.45, 2.75) is 45.7 Å². The third-order valence-electron chi connectivity index (χ3n) is 3.80. The maximum Gasteiger partial charge on any atom is 0.112 e. The lowest BCUT2D eigenvalue weighted by Crippen LogP contribution is -2.59. The molecule has 0 bridgehead atoms. The van der Waals surface area contributed by atoms with E-state index in [0.717, 1.165) is 4.48 Å². The van der Waals surface area contributed by atoms with E-state index in [4.69, 9.17) is 0 Å². The van der Waals surface area contributed by atoms with Crippen LogP contribution in [0.4, 0.5) is 0 Å². The standard InChI is InChI=1S/C12H24N/c1-8-10-11(3)13(6,7)12(4,5)9-2/h10-11H,1,9H2,2-7H3/q+1. The van der Waals surface area contributed by atoms with E-state index in [0.29, 0.717) is 11.6 Å². The fraction of sp³-hybridized carbons (Fsp3) is 0.750. The second kappa shape index (κ2) is 4.13. The van der Waals surface area contributed by atoms with Gasteiger partial charge in [-0.25, -0.2) is 0 Å². The van der Waals surface area contributed by atoms with Gasteiger partial charge in [0.25, 0.3) is 0 Å². The van der Waals surface area contributed by atoms with Crippen molar-refractivity contribution in [1.82, 2.24) is 0 Å². The first-order valence-electron chi connectivity index (χ1n) is 4.99. The molecule has 0 aromatic rings. The average molecular weight is 182 g/mol. The first-order valence-corrected chi connectivity index (χ1v) is 4.99. The molecule has 0 saturated heterocycles. The van der Waals surface area contributed by atoms with E-state index in [9.17, 15) is 0 Å². The van der Waals surface area contributed by atoms with E-state index in [1.807, 2.05) is 0 Å². The number of rotatable bonds is 4. The SMILES string of the molecule is C=C=CC(C)[N+](C)(C)C(C)(C)CC. The van der Waals surface area contributed by atoms with Crippen LogP contribution in [0.2, 0.25) is 0 Å². The lowest BCUT2D eigenvalue weighted by Gasteiger charge is -2.47. The zero-order chi connectivity index (χ0) is 10.7. The molecule has 0 aliphatic heterocycles. The van der Waals surface area contributed by atoms with E-state index >= 15 is 0 Å². The Morgan fingerprint density at radius 3 is 2.23 bits per heavy atom. The van der Waals surface area contributed by atoms with Crippen LogP contribution in [0.5, 0.6) is 0 Å². The highest BCUT2D eigenvalue weighted by Crippen LogP contribution is 2.27. The zero-order valence-corrected chi connectivity index (χ0v) is 10.0. The summed E-state index contributed by atoms with van der Waals surface area (Å²) in [5.74, 6) is 0. The minimum Gasteiger partial charge on any atom is -0.318 e. The lowest BCUT2D eigenvalue weighted by molar-refractivity contribution is -0.953. The second-order valence-electron chi connectivity index (χ2n) is 4.82. The van der Waals surface area contributed by atoms with E-state index in [-0.39, 0.29) is 0 Å². The normalized spacial score (nSPS) is 14.9. The van der Waals surface area contributed by atoms with Crippen LogP contribution in [-0.2, 0) is 0 Å². The van der Waals surface area contributed by atoms with Crippen molar-refractivity contribution in [3.63, 3.8) is 0 Å². The minimum absolute atomic E-state index is 0.298. The van der Waals surface area contributed by atoms with Crippen LogP contribution < -0.4 is 0 Å². The van der Waals surface area contributed by atoms with Gasteiger partial charge >= 0.3 is 0 Å². The monoisotopic (exact) mass is 182 g/mol. The molecule has 1 unspecified atom stereocenters. The fourth-order valence-electron chi connectivity index (χ4n) is 1.32. The van der Waals surface area contributed by atoms with Crippen molar-refractivity contribution < 1.29 is 4.48 Å². The topological polar surface area (TPSA) is 0 Å². The highest BCUT2D eigenvalue weighted by Gasteiger charge is 2.37. The van der Waals surface area contributed by atoms with Crippen LogP contribution in [0.3, 0.4) is 0 Å². The van der Waals surface area contributed by atoms with Gasteiger partial charge in [-0.05, 0) is 27.2 Å². The maximum atomic E-state index is 3.63. The summed E-state index contributed by atoms with van der Waals surface area (Å²) in [4.78, 5) is 0. The molecule has 0 aliphatic rings. The Labute approximate surface area is 83.3 Å². The van der Waals surface area contributed by atoms with Gasteiger partial charge in [-0.2, -0.15) is 0 Å². The highest BCUT2D eigenvalue weighted by molar-refractivity contribution is 4.85.